The van der Waals surface area contributed by atoms with Gasteiger partial charge in [0.25, 0.3) is 0 Å². The Morgan fingerprint density at radius 3 is 0.750 bits per heavy atom. The Bertz CT molecular complexity index is 6.00. The van der Waals surface area contributed by atoms with E-state index in [4.69, 9.17) is 0 Å². The quantitative estimate of drug-likeness (QED) is 0.298. The summed E-state index contributed by atoms with van der Waals surface area (Å²) in [6.07, 6.45) is 0. The van der Waals surface area contributed by atoms with Crippen molar-refractivity contribution in [2.45, 2.75) is 0 Å². The van der Waals surface area contributed by atoms with Crippen molar-refractivity contribution in [1.82, 2.24) is 0 Å². The molecule has 18 valence electrons. The maximum absolute atomic E-state index is 0. The first-order valence-electron chi connectivity index (χ1n) is 0. The Morgan fingerprint density at radius 2 is 0.750 bits per heavy atom. The van der Waals surface area contributed by atoms with E-state index in [0.717, 1.165) is 0 Å². The first kappa shape index (κ1) is 31.8. The van der Waals surface area contributed by atoms with Gasteiger partial charge in [0, 0.05) is 0 Å². The van der Waals surface area contributed by atoms with E-state index in [9.17, 15) is 0 Å². The van der Waals surface area contributed by atoms with E-state index >= 15 is 0 Å². The SMILES string of the molecule is F.[AlH3].[NaH].[NaH]. The van der Waals surface area contributed by atoms with Crippen LogP contribution < -0.4 is 0 Å². The zero-order valence-electron chi connectivity index (χ0n) is 0.408. The molecule has 0 amide bonds. The summed E-state index contributed by atoms with van der Waals surface area (Å²) in [5.74, 6) is 0. The molecule has 0 aliphatic rings. The minimum atomic E-state index is 0. The average Bonchev–Trinajstić information content (AvgIpc) is 0. The molecule has 0 aliphatic carbocycles. The number of hydrogen-bond donors (Lipinski definition) is 0. The molecule has 0 saturated heterocycles. The molecule has 0 heterocycles. The van der Waals surface area contributed by atoms with Crippen molar-refractivity contribution in [3.8, 4) is 0 Å². The molecule has 0 unspecified atom stereocenters. The van der Waals surface area contributed by atoms with Crippen molar-refractivity contribution in [1.29, 1.82) is 0 Å². The molecule has 0 aliphatic heterocycles. The predicted octanol–water partition coefficient (Wildman–Crippen LogP) is -2.33. The van der Waals surface area contributed by atoms with Gasteiger partial charge >= 0.3 is 59.1 Å². The van der Waals surface area contributed by atoms with E-state index < -0.39 is 0 Å². The first-order valence-corrected chi connectivity index (χ1v) is 0. The number of hydrogen-bond acceptors (Lipinski definition) is 0. The second-order valence-corrected chi connectivity index (χ2v) is 0. The van der Waals surface area contributed by atoms with E-state index in [1.165, 1.54) is 0 Å². The van der Waals surface area contributed by atoms with E-state index in [2.05, 4.69) is 0 Å². The molecule has 0 bridgehead atoms. The van der Waals surface area contributed by atoms with E-state index in [0.29, 0.717) is 0 Å². The molecule has 0 aromatic rings. The van der Waals surface area contributed by atoms with Crippen molar-refractivity contribution in [2.24, 2.45) is 0 Å². The molecule has 0 atom stereocenters. The van der Waals surface area contributed by atoms with Gasteiger partial charge in [0.15, 0.2) is 17.4 Å². The summed E-state index contributed by atoms with van der Waals surface area (Å²) in [6, 6.07) is 0. The van der Waals surface area contributed by atoms with Crippen molar-refractivity contribution in [3.05, 3.63) is 0 Å². The summed E-state index contributed by atoms with van der Waals surface area (Å²) < 4.78 is 0. The van der Waals surface area contributed by atoms with Crippen LogP contribution in [0.2, 0.25) is 0 Å². The van der Waals surface area contributed by atoms with Gasteiger partial charge in [-0.1, -0.05) is 0 Å². The normalized spacial score (nSPS) is 0. The third kappa shape index (κ3) is 8.82. The maximum atomic E-state index is 0. The summed E-state index contributed by atoms with van der Waals surface area (Å²) >= 11 is 0. The van der Waals surface area contributed by atoms with E-state index in [1.807, 2.05) is 0 Å². The van der Waals surface area contributed by atoms with Crippen LogP contribution in [0.5, 0.6) is 0 Å². The number of halogens is 1. The molecule has 0 fully saturated rings. The van der Waals surface area contributed by atoms with E-state index in [-0.39, 0.29) is 81.2 Å². The number of rotatable bonds is 0. The Labute approximate surface area is 79.8 Å². The molecule has 4 heteroatoms. The molecule has 0 nitrogen and oxygen atoms in total. The minimum absolute atomic E-state index is 0. The van der Waals surface area contributed by atoms with Crippen LogP contribution in [0.15, 0.2) is 0 Å². The molecule has 0 radical (unpaired) electrons. The van der Waals surface area contributed by atoms with Gasteiger partial charge in [0.1, 0.15) is 0 Å². The Morgan fingerprint density at radius 1 is 0.750 bits per heavy atom. The van der Waals surface area contributed by atoms with Crippen molar-refractivity contribution in [3.63, 3.8) is 0 Å². The summed E-state index contributed by atoms with van der Waals surface area (Å²) in [5, 5.41) is 0. The molecular weight excluding hydrogens is 92.0 g/mol. The summed E-state index contributed by atoms with van der Waals surface area (Å²) in [6.45, 7) is 0. The summed E-state index contributed by atoms with van der Waals surface area (Å²) in [5.41, 5.74) is 0. The van der Waals surface area contributed by atoms with Crippen LogP contribution in [0, 0.1) is 0 Å². The Balaban J connectivity index is 0. The fourth-order valence-electron chi connectivity index (χ4n) is 0. The molecule has 0 spiro atoms. The third-order valence-corrected chi connectivity index (χ3v) is 0. The fraction of sp³-hybridized carbons (Fsp3) is 0. The summed E-state index contributed by atoms with van der Waals surface area (Å²) in [4.78, 5) is 0. The van der Waals surface area contributed by atoms with Crippen molar-refractivity contribution < 1.29 is 4.70 Å². The fourth-order valence-corrected chi connectivity index (χ4v) is 0. The van der Waals surface area contributed by atoms with Crippen LogP contribution in [0.3, 0.4) is 0 Å². The summed E-state index contributed by atoms with van der Waals surface area (Å²) in [7, 11) is 0. The van der Waals surface area contributed by atoms with Crippen molar-refractivity contribution >= 4 is 76.5 Å². The Kier molecular flexibility index (Phi) is 143. The van der Waals surface area contributed by atoms with Gasteiger partial charge in [0.05, 0.1) is 0 Å². The van der Waals surface area contributed by atoms with Crippen LogP contribution in [0.1, 0.15) is 0 Å². The van der Waals surface area contributed by atoms with E-state index in [1.54, 1.807) is 0 Å². The van der Waals surface area contributed by atoms with Gasteiger partial charge in [0.2, 0.25) is 0 Å². The standard InChI is InChI=1S/Al.FH.2Na.5H/h;1H;;;;;;;. The van der Waals surface area contributed by atoms with Gasteiger partial charge in [-0.05, 0) is 0 Å². The molecule has 0 aromatic carbocycles. The second kappa shape index (κ2) is 17.9. The topological polar surface area (TPSA) is 0 Å². The zero-order valence-corrected chi connectivity index (χ0v) is 0.408. The molecule has 0 saturated carbocycles. The average molecular weight is 98.0 g/mol. The van der Waals surface area contributed by atoms with Crippen LogP contribution in [-0.4, -0.2) is 76.5 Å². The van der Waals surface area contributed by atoms with Gasteiger partial charge in [-0.2, -0.15) is 0 Å². The van der Waals surface area contributed by atoms with Gasteiger partial charge in [-0.15, -0.1) is 0 Å². The van der Waals surface area contributed by atoms with Crippen LogP contribution >= 0.6 is 0 Å². The molecule has 0 N–H and O–H groups in total. The molecule has 0 aromatic heterocycles. The second-order valence-electron chi connectivity index (χ2n) is 0. The third-order valence-electron chi connectivity index (χ3n) is 0. The van der Waals surface area contributed by atoms with Gasteiger partial charge in [-0.25, -0.2) is 0 Å². The van der Waals surface area contributed by atoms with Crippen LogP contribution in [-0.2, 0) is 0 Å². The van der Waals surface area contributed by atoms with Gasteiger partial charge < -0.3 is 0 Å². The molecule has 4 heavy (non-hydrogen) atoms. The monoisotopic (exact) mass is 98.0 g/mol. The Hall–Kier alpha value is 2.46. The zero-order chi connectivity index (χ0) is 0. The predicted molar refractivity (Wildman–Crippen MR) is 26.7 cm³/mol. The molecule has 0 rings (SSSR count). The van der Waals surface area contributed by atoms with Crippen LogP contribution in [0.4, 0.5) is 4.70 Å². The van der Waals surface area contributed by atoms with Crippen LogP contribution in [0.25, 0.3) is 0 Å². The van der Waals surface area contributed by atoms with Crippen molar-refractivity contribution in [2.75, 3.05) is 0 Å². The first-order chi connectivity index (χ1) is 0. The molecular formula is H6AlFNa2. The van der Waals surface area contributed by atoms with Gasteiger partial charge in [-0.3, -0.25) is 4.70 Å².